The maximum absolute atomic E-state index is 12.6. The summed E-state index contributed by atoms with van der Waals surface area (Å²) >= 11 is 1.39. The van der Waals surface area contributed by atoms with Gasteiger partial charge in [-0.25, -0.2) is 18.0 Å². The predicted octanol–water partition coefficient (Wildman–Crippen LogP) is 2.97. The number of hydrogen-bond donors (Lipinski definition) is 0. The molecule has 0 N–H and O–H groups in total. The van der Waals surface area contributed by atoms with Crippen LogP contribution in [-0.2, 0) is 14.6 Å². The van der Waals surface area contributed by atoms with Crippen LogP contribution in [-0.4, -0.2) is 44.2 Å². The molecule has 8 heteroatoms. The zero-order chi connectivity index (χ0) is 19.4. The topological polar surface area (TPSA) is 86.7 Å². The van der Waals surface area contributed by atoms with Crippen molar-refractivity contribution >= 4 is 33.5 Å². The van der Waals surface area contributed by atoms with Crippen molar-refractivity contribution in [3.8, 4) is 5.75 Å². The second kappa shape index (κ2) is 8.14. The van der Waals surface area contributed by atoms with Gasteiger partial charge in [0.2, 0.25) is 0 Å². The highest BCUT2D eigenvalue weighted by Crippen LogP contribution is 2.33. The molecule has 0 saturated carbocycles. The molecule has 0 amide bonds. The van der Waals surface area contributed by atoms with E-state index in [0.717, 1.165) is 0 Å². The summed E-state index contributed by atoms with van der Waals surface area (Å²) in [6, 6.07) is 13.0. The predicted molar refractivity (Wildman–Crippen MR) is 102 cm³/mol. The van der Waals surface area contributed by atoms with E-state index in [1.54, 1.807) is 24.3 Å². The summed E-state index contributed by atoms with van der Waals surface area (Å²) in [5.74, 6) is -0.401. The van der Waals surface area contributed by atoms with Crippen molar-refractivity contribution in [2.75, 3.05) is 18.6 Å². The van der Waals surface area contributed by atoms with Gasteiger partial charge in [0.1, 0.15) is 5.75 Å². The van der Waals surface area contributed by atoms with Crippen LogP contribution in [0.25, 0.3) is 0 Å². The van der Waals surface area contributed by atoms with E-state index < -0.39 is 21.8 Å². The molecule has 142 valence electrons. The molecule has 2 aromatic rings. The van der Waals surface area contributed by atoms with Gasteiger partial charge < -0.3 is 9.47 Å². The molecule has 1 aliphatic heterocycles. The number of carbonyl (C=O) groups is 2. The van der Waals surface area contributed by atoms with Crippen LogP contribution in [0.4, 0.5) is 0 Å². The molecule has 1 atom stereocenters. The Bertz CT molecular complexity index is 950. The van der Waals surface area contributed by atoms with Crippen LogP contribution in [0.5, 0.6) is 5.75 Å². The smallest absolute Gasteiger partial charge is 0.344 e. The van der Waals surface area contributed by atoms with E-state index in [-0.39, 0.29) is 16.8 Å². The first-order chi connectivity index (χ1) is 12.9. The molecule has 0 aromatic heterocycles. The molecule has 1 fully saturated rings. The number of rotatable bonds is 5. The highest BCUT2D eigenvalue weighted by molar-refractivity contribution is 8.02. The van der Waals surface area contributed by atoms with Crippen LogP contribution in [0.1, 0.15) is 27.1 Å². The third-order valence-electron chi connectivity index (χ3n) is 4.08. The van der Waals surface area contributed by atoms with E-state index in [4.69, 9.17) is 4.74 Å². The molecule has 1 heterocycles. The summed E-state index contributed by atoms with van der Waals surface area (Å²) in [6.45, 7) is 0. The molecule has 0 unspecified atom stereocenters. The maximum Gasteiger partial charge on any atom is 0.344 e. The lowest BCUT2D eigenvalue weighted by Gasteiger charge is -2.12. The van der Waals surface area contributed by atoms with Gasteiger partial charge in [-0.3, -0.25) is 0 Å². The SMILES string of the molecule is COC(=O)c1ccc(OC(=O)c2ccccc2S[C@H]2CCS(=O)(=O)C2)cc1. The van der Waals surface area contributed by atoms with E-state index in [1.165, 1.54) is 43.1 Å². The van der Waals surface area contributed by atoms with Gasteiger partial charge >= 0.3 is 11.9 Å². The number of thioether (sulfide) groups is 1. The zero-order valence-electron chi connectivity index (χ0n) is 14.6. The van der Waals surface area contributed by atoms with E-state index in [9.17, 15) is 18.0 Å². The van der Waals surface area contributed by atoms with Crippen molar-refractivity contribution < 1.29 is 27.5 Å². The van der Waals surface area contributed by atoms with Gasteiger partial charge in [0.15, 0.2) is 9.84 Å². The summed E-state index contributed by atoms with van der Waals surface area (Å²) < 4.78 is 33.3. The largest absolute Gasteiger partial charge is 0.465 e. The molecule has 3 rings (SSSR count). The van der Waals surface area contributed by atoms with Gasteiger partial charge in [0.05, 0.1) is 29.7 Å². The normalized spacial score (nSPS) is 18.0. The number of esters is 2. The summed E-state index contributed by atoms with van der Waals surface area (Å²) in [7, 11) is -1.69. The summed E-state index contributed by atoms with van der Waals surface area (Å²) in [4.78, 5) is 24.7. The zero-order valence-corrected chi connectivity index (χ0v) is 16.2. The Labute approximate surface area is 161 Å². The van der Waals surface area contributed by atoms with E-state index in [2.05, 4.69) is 4.74 Å². The summed E-state index contributed by atoms with van der Waals surface area (Å²) in [6.07, 6.45) is 0.575. The average molecular weight is 406 g/mol. The first-order valence-electron chi connectivity index (χ1n) is 8.24. The van der Waals surface area contributed by atoms with Crippen LogP contribution in [0.2, 0.25) is 0 Å². The van der Waals surface area contributed by atoms with Crippen molar-refractivity contribution in [1.29, 1.82) is 0 Å². The van der Waals surface area contributed by atoms with Crippen molar-refractivity contribution in [3.63, 3.8) is 0 Å². The standard InChI is InChI=1S/C19H18O6S2/c1-24-18(20)13-6-8-14(9-7-13)25-19(21)16-4-2-3-5-17(16)26-15-10-11-27(22,23)12-15/h2-9,15H,10-12H2,1H3/t15-/m0/s1. The minimum Gasteiger partial charge on any atom is -0.465 e. The molecule has 1 saturated heterocycles. The van der Waals surface area contributed by atoms with Crippen LogP contribution < -0.4 is 4.74 Å². The molecule has 0 bridgehead atoms. The second-order valence-corrected chi connectivity index (χ2v) is 9.62. The fourth-order valence-corrected chi connectivity index (χ4v) is 6.33. The molecule has 1 aliphatic rings. The Hall–Kier alpha value is -2.32. The third kappa shape index (κ3) is 4.90. The lowest BCUT2D eigenvalue weighted by molar-refractivity contribution is 0.0600. The molecule has 27 heavy (non-hydrogen) atoms. The van der Waals surface area contributed by atoms with E-state index in [0.29, 0.717) is 28.2 Å². The highest BCUT2D eigenvalue weighted by atomic mass is 32.2. The van der Waals surface area contributed by atoms with Crippen LogP contribution >= 0.6 is 11.8 Å². The Morgan fingerprint density at radius 1 is 1.04 bits per heavy atom. The van der Waals surface area contributed by atoms with Gasteiger partial charge in [0.25, 0.3) is 0 Å². The van der Waals surface area contributed by atoms with Crippen LogP contribution in [0.3, 0.4) is 0 Å². The van der Waals surface area contributed by atoms with Gasteiger partial charge in [-0.1, -0.05) is 12.1 Å². The van der Waals surface area contributed by atoms with E-state index >= 15 is 0 Å². The fraction of sp³-hybridized carbons (Fsp3) is 0.263. The van der Waals surface area contributed by atoms with Crippen molar-refractivity contribution in [3.05, 3.63) is 59.7 Å². The lowest BCUT2D eigenvalue weighted by Crippen LogP contribution is -2.12. The third-order valence-corrected chi connectivity index (χ3v) is 7.40. The van der Waals surface area contributed by atoms with E-state index in [1.807, 2.05) is 0 Å². The number of sulfone groups is 1. The number of carbonyl (C=O) groups excluding carboxylic acids is 2. The molecular formula is C19H18O6S2. The second-order valence-electron chi connectivity index (χ2n) is 6.04. The van der Waals surface area contributed by atoms with Crippen molar-refractivity contribution in [2.45, 2.75) is 16.6 Å². The highest BCUT2D eigenvalue weighted by Gasteiger charge is 2.29. The van der Waals surface area contributed by atoms with Gasteiger partial charge in [-0.15, -0.1) is 11.8 Å². The average Bonchev–Trinajstić information content (AvgIpc) is 3.00. The Morgan fingerprint density at radius 2 is 1.74 bits per heavy atom. The number of hydrogen-bond acceptors (Lipinski definition) is 7. The van der Waals surface area contributed by atoms with Crippen molar-refractivity contribution in [1.82, 2.24) is 0 Å². The molecular weight excluding hydrogens is 388 g/mol. The van der Waals surface area contributed by atoms with Gasteiger partial charge in [0, 0.05) is 10.1 Å². The van der Waals surface area contributed by atoms with Gasteiger partial charge in [-0.2, -0.15) is 0 Å². The number of benzene rings is 2. The van der Waals surface area contributed by atoms with Crippen molar-refractivity contribution in [2.24, 2.45) is 0 Å². The van der Waals surface area contributed by atoms with Gasteiger partial charge in [-0.05, 0) is 42.8 Å². The molecule has 0 aliphatic carbocycles. The minimum atomic E-state index is -2.99. The molecule has 6 nitrogen and oxygen atoms in total. The minimum absolute atomic E-state index is 0.0664. The number of ether oxygens (including phenoxy) is 2. The van der Waals surface area contributed by atoms with Crippen LogP contribution in [0, 0.1) is 0 Å². The fourth-order valence-electron chi connectivity index (χ4n) is 2.71. The molecule has 0 spiro atoms. The lowest BCUT2D eigenvalue weighted by atomic mass is 10.2. The maximum atomic E-state index is 12.6. The Kier molecular flexibility index (Phi) is 5.86. The summed E-state index contributed by atoms with van der Waals surface area (Å²) in [5, 5.41) is -0.0664. The Balaban J connectivity index is 1.72. The van der Waals surface area contributed by atoms with Crippen LogP contribution in [0.15, 0.2) is 53.4 Å². The number of methoxy groups -OCH3 is 1. The first-order valence-corrected chi connectivity index (χ1v) is 10.9. The quantitative estimate of drug-likeness (QED) is 0.557. The first kappa shape index (κ1) is 19.4. The molecule has 0 radical (unpaired) electrons. The molecule has 2 aromatic carbocycles. The Morgan fingerprint density at radius 3 is 2.37 bits per heavy atom. The monoisotopic (exact) mass is 406 g/mol. The summed E-state index contributed by atoms with van der Waals surface area (Å²) in [5.41, 5.74) is 0.736.